The lowest BCUT2D eigenvalue weighted by molar-refractivity contribution is -0.245. The van der Waals surface area contributed by atoms with Gasteiger partial charge in [0.25, 0.3) is 12.1 Å². The van der Waals surface area contributed by atoms with Crippen LogP contribution in [0, 0.1) is 0 Å². The van der Waals surface area contributed by atoms with Gasteiger partial charge in [-0.1, -0.05) is 6.08 Å². The maximum Gasteiger partial charge on any atom is 0.425 e. The van der Waals surface area contributed by atoms with Crippen LogP contribution in [0.3, 0.4) is 0 Å². The second-order valence-corrected chi connectivity index (χ2v) is 3.15. The van der Waals surface area contributed by atoms with Crippen LogP contribution in [-0.4, -0.2) is 24.4 Å². The number of hydrogen-bond donors (Lipinski definition) is 0. The van der Waals surface area contributed by atoms with Crippen molar-refractivity contribution >= 4 is 0 Å². The molecule has 0 bridgehead atoms. The van der Waals surface area contributed by atoms with Gasteiger partial charge in [0.1, 0.15) is 0 Å². The molecule has 0 aromatic heterocycles. The number of rotatable bonds is 4. The molecule has 0 nitrogen and oxygen atoms in total. The van der Waals surface area contributed by atoms with E-state index >= 15 is 0 Å². The quantitative estimate of drug-likeness (QED) is 0.526. The van der Waals surface area contributed by atoms with Crippen molar-refractivity contribution in [3.63, 3.8) is 0 Å². The van der Waals surface area contributed by atoms with E-state index in [1.54, 1.807) is 0 Å². The van der Waals surface area contributed by atoms with E-state index in [9.17, 15) is 39.5 Å². The molecule has 9 heteroatoms. The molecule has 1 unspecified atom stereocenters. The Balaban J connectivity index is 4.34. The molecule has 0 saturated carbocycles. The monoisotopic (exact) mass is 274 g/mol. The van der Waals surface area contributed by atoms with E-state index in [4.69, 9.17) is 0 Å². The van der Waals surface area contributed by atoms with E-state index in [-0.39, 0.29) is 6.08 Å². The Morgan fingerprint density at radius 1 is 0.882 bits per heavy atom. The molecule has 102 valence electrons. The SMILES string of the molecule is FC(C(F)(F)F)C(F)(F)CCC=CC(F)(F)F. The molecule has 0 heterocycles. The van der Waals surface area contributed by atoms with Crippen LogP contribution in [0.15, 0.2) is 12.2 Å². The second kappa shape index (κ2) is 5.18. The summed E-state index contributed by atoms with van der Waals surface area (Å²) in [5, 5.41) is 0. The van der Waals surface area contributed by atoms with Gasteiger partial charge < -0.3 is 0 Å². The Bertz CT molecular complexity index is 259. The zero-order valence-electron chi connectivity index (χ0n) is 8.05. The van der Waals surface area contributed by atoms with Crippen molar-refractivity contribution in [2.24, 2.45) is 0 Å². The molecule has 0 aliphatic carbocycles. The fourth-order valence-electron chi connectivity index (χ4n) is 0.859. The van der Waals surface area contributed by atoms with Crippen LogP contribution in [0.1, 0.15) is 12.8 Å². The van der Waals surface area contributed by atoms with Crippen molar-refractivity contribution in [3.8, 4) is 0 Å². The topological polar surface area (TPSA) is 0 Å². The molecular formula is C8H7F9. The summed E-state index contributed by atoms with van der Waals surface area (Å²) in [7, 11) is 0. The molecule has 0 spiro atoms. The highest BCUT2D eigenvalue weighted by molar-refractivity contribution is 4.91. The summed E-state index contributed by atoms with van der Waals surface area (Å²) in [5.41, 5.74) is 0. The summed E-state index contributed by atoms with van der Waals surface area (Å²) >= 11 is 0. The average molecular weight is 274 g/mol. The predicted octanol–water partition coefficient (Wildman–Crippen LogP) is 4.42. The van der Waals surface area contributed by atoms with Crippen molar-refractivity contribution in [2.45, 2.75) is 37.3 Å². The van der Waals surface area contributed by atoms with Gasteiger partial charge in [0.05, 0.1) is 0 Å². The first kappa shape index (κ1) is 16.1. The second-order valence-electron chi connectivity index (χ2n) is 3.15. The van der Waals surface area contributed by atoms with Crippen molar-refractivity contribution in [1.29, 1.82) is 0 Å². The lowest BCUT2D eigenvalue weighted by Gasteiger charge is -2.21. The summed E-state index contributed by atoms with van der Waals surface area (Å²) in [5.74, 6) is -4.74. The number of hydrogen-bond acceptors (Lipinski definition) is 0. The van der Waals surface area contributed by atoms with Gasteiger partial charge in [0.15, 0.2) is 0 Å². The van der Waals surface area contributed by atoms with E-state index in [0.717, 1.165) is 0 Å². The van der Waals surface area contributed by atoms with Gasteiger partial charge in [-0.2, -0.15) is 26.3 Å². The number of halogens is 9. The van der Waals surface area contributed by atoms with Gasteiger partial charge in [0.2, 0.25) is 0 Å². The first-order valence-electron chi connectivity index (χ1n) is 4.19. The molecule has 0 aliphatic heterocycles. The van der Waals surface area contributed by atoms with E-state index in [0.29, 0.717) is 0 Å². The smallest absolute Gasteiger partial charge is 0.231 e. The van der Waals surface area contributed by atoms with E-state index in [2.05, 4.69) is 0 Å². The van der Waals surface area contributed by atoms with Gasteiger partial charge in [0, 0.05) is 12.5 Å². The van der Waals surface area contributed by atoms with Crippen LogP contribution in [-0.2, 0) is 0 Å². The fraction of sp³-hybridized carbons (Fsp3) is 0.750. The molecule has 17 heavy (non-hydrogen) atoms. The summed E-state index contributed by atoms with van der Waals surface area (Å²) in [6.07, 6.45) is -17.7. The highest BCUT2D eigenvalue weighted by Crippen LogP contribution is 2.37. The first-order chi connectivity index (χ1) is 7.36. The average Bonchev–Trinajstić information content (AvgIpc) is 2.08. The Hall–Kier alpha value is -0.890. The summed E-state index contributed by atoms with van der Waals surface area (Å²) in [4.78, 5) is 0. The number of allylic oxidation sites excluding steroid dienone is 2. The standard InChI is InChI=1S/C8H7F9/c9-5(8(15,16)17)6(10,11)3-1-2-4-7(12,13)14/h2,4-5H,1,3H2. The zero-order valence-corrected chi connectivity index (χ0v) is 8.05. The van der Waals surface area contributed by atoms with Crippen molar-refractivity contribution in [3.05, 3.63) is 12.2 Å². The van der Waals surface area contributed by atoms with Gasteiger partial charge in [-0.05, 0) is 6.42 Å². The summed E-state index contributed by atoms with van der Waals surface area (Å²) < 4.78 is 107. The highest BCUT2D eigenvalue weighted by atomic mass is 19.4. The zero-order chi connectivity index (χ0) is 13.9. The van der Waals surface area contributed by atoms with Gasteiger partial charge >= 0.3 is 12.4 Å². The molecule has 0 aromatic carbocycles. The minimum absolute atomic E-state index is 0.219. The van der Waals surface area contributed by atoms with Crippen molar-refractivity contribution in [2.75, 3.05) is 0 Å². The van der Waals surface area contributed by atoms with Crippen LogP contribution >= 0.6 is 0 Å². The minimum Gasteiger partial charge on any atom is -0.231 e. The normalized spacial score (nSPS) is 16.5. The van der Waals surface area contributed by atoms with Crippen molar-refractivity contribution in [1.82, 2.24) is 0 Å². The molecule has 0 aromatic rings. The molecule has 0 radical (unpaired) electrons. The van der Waals surface area contributed by atoms with Crippen LogP contribution in [0.4, 0.5) is 39.5 Å². The first-order valence-corrected chi connectivity index (χ1v) is 4.19. The van der Waals surface area contributed by atoms with Crippen LogP contribution in [0.25, 0.3) is 0 Å². The largest absolute Gasteiger partial charge is 0.425 e. The molecule has 0 fully saturated rings. The maximum atomic E-state index is 12.5. The summed E-state index contributed by atoms with van der Waals surface area (Å²) in [6, 6.07) is 0. The lowest BCUT2D eigenvalue weighted by Crippen LogP contribution is -2.41. The van der Waals surface area contributed by atoms with Gasteiger partial charge in [-0.3, -0.25) is 0 Å². The number of alkyl halides is 9. The third-order valence-electron chi connectivity index (χ3n) is 1.61. The van der Waals surface area contributed by atoms with Crippen LogP contribution in [0.5, 0.6) is 0 Å². The lowest BCUT2D eigenvalue weighted by atomic mass is 10.1. The molecule has 0 amide bonds. The van der Waals surface area contributed by atoms with E-state index < -0.39 is 43.4 Å². The Kier molecular flexibility index (Phi) is 4.90. The van der Waals surface area contributed by atoms with E-state index in [1.165, 1.54) is 0 Å². The van der Waals surface area contributed by atoms with Gasteiger partial charge in [-0.25, -0.2) is 13.2 Å². The third kappa shape index (κ3) is 6.42. The maximum absolute atomic E-state index is 12.5. The van der Waals surface area contributed by atoms with E-state index in [1.807, 2.05) is 0 Å². The minimum atomic E-state index is -5.74. The molecule has 1 atom stereocenters. The highest BCUT2D eigenvalue weighted by Gasteiger charge is 2.56. The molecule has 0 N–H and O–H groups in total. The van der Waals surface area contributed by atoms with Gasteiger partial charge in [-0.15, -0.1) is 0 Å². The predicted molar refractivity (Wildman–Crippen MR) is 40.3 cm³/mol. The molecule has 0 rings (SSSR count). The third-order valence-corrected chi connectivity index (χ3v) is 1.61. The van der Waals surface area contributed by atoms with Crippen LogP contribution < -0.4 is 0 Å². The Morgan fingerprint density at radius 3 is 1.71 bits per heavy atom. The summed E-state index contributed by atoms with van der Waals surface area (Å²) in [6.45, 7) is 0. The Labute approximate surface area is 90.1 Å². The molecule has 0 saturated heterocycles. The molecule has 0 aliphatic rings. The van der Waals surface area contributed by atoms with Crippen molar-refractivity contribution < 1.29 is 39.5 Å². The van der Waals surface area contributed by atoms with Crippen LogP contribution in [0.2, 0.25) is 0 Å². The fourth-order valence-corrected chi connectivity index (χ4v) is 0.859. The Morgan fingerprint density at radius 2 is 1.35 bits per heavy atom. The molecular weight excluding hydrogens is 267 g/mol.